The molecule has 0 amide bonds. The van der Waals surface area contributed by atoms with Crippen molar-refractivity contribution in [3.63, 3.8) is 0 Å². The molecule has 0 aromatic heterocycles. The van der Waals surface area contributed by atoms with Crippen LogP contribution in [-0.4, -0.2) is 19.0 Å². The van der Waals surface area contributed by atoms with Gasteiger partial charge in [0.05, 0.1) is 6.61 Å². The quantitative estimate of drug-likeness (QED) is 0.729. The first-order chi connectivity index (χ1) is 7.68. The summed E-state index contributed by atoms with van der Waals surface area (Å²) in [6.45, 7) is 5.60. The van der Waals surface area contributed by atoms with Crippen LogP contribution in [0.1, 0.15) is 42.1 Å². The smallest absolute Gasteiger partial charge is 0.159 e. The van der Waals surface area contributed by atoms with E-state index in [4.69, 9.17) is 4.74 Å². The summed E-state index contributed by atoms with van der Waals surface area (Å²) in [5.41, 5.74) is 2.10. The Kier molecular flexibility index (Phi) is 3.39. The standard InChI is InChI=1S/C14H18O2/c1-10(14-7-8-16-9-14)12-3-5-13(6-4-12)11(2)15/h3-6,10,14H,7-9H2,1-2H3. The summed E-state index contributed by atoms with van der Waals surface area (Å²) in [6, 6.07) is 7.98. The molecule has 86 valence electrons. The Labute approximate surface area is 96.6 Å². The summed E-state index contributed by atoms with van der Waals surface area (Å²) < 4.78 is 5.41. The third-order valence-corrected chi connectivity index (χ3v) is 3.52. The molecular weight excluding hydrogens is 200 g/mol. The van der Waals surface area contributed by atoms with Crippen molar-refractivity contribution in [3.05, 3.63) is 35.4 Å². The Morgan fingerprint density at radius 2 is 2.06 bits per heavy atom. The van der Waals surface area contributed by atoms with E-state index in [0.29, 0.717) is 11.8 Å². The van der Waals surface area contributed by atoms with E-state index in [0.717, 1.165) is 25.2 Å². The Hall–Kier alpha value is -1.15. The largest absolute Gasteiger partial charge is 0.381 e. The van der Waals surface area contributed by atoms with Gasteiger partial charge >= 0.3 is 0 Å². The SMILES string of the molecule is CC(=O)c1ccc(C(C)C2CCOC2)cc1. The van der Waals surface area contributed by atoms with Crippen LogP contribution in [0.5, 0.6) is 0 Å². The number of carbonyl (C=O) groups is 1. The van der Waals surface area contributed by atoms with Crippen LogP contribution in [0, 0.1) is 5.92 Å². The van der Waals surface area contributed by atoms with Crippen molar-refractivity contribution in [1.82, 2.24) is 0 Å². The maximum Gasteiger partial charge on any atom is 0.159 e. The molecule has 1 aliphatic rings. The molecular formula is C14H18O2. The van der Waals surface area contributed by atoms with Gasteiger partial charge < -0.3 is 4.74 Å². The van der Waals surface area contributed by atoms with Gasteiger partial charge in [-0.25, -0.2) is 0 Å². The first-order valence-electron chi connectivity index (χ1n) is 5.87. The summed E-state index contributed by atoms with van der Waals surface area (Å²) in [5.74, 6) is 1.27. The highest BCUT2D eigenvalue weighted by atomic mass is 16.5. The van der Waals surface area contributed by atoms with Crippen molar-refractivity contribution in [2.24, 2.45) is 5.92 Å². The number of hydrogen-bond acceptors (Lipinski definition) is 2. The third-order valence-electron chi connectivity index (χ3n) is 3.52. The summed E-state index contributed by atoms with van der Waals surface area (Å²) in [5, 5.41) is 0. The maximum absolute atomic E-state index is 11.2. The van der Waals surface area contributed by atoms with Crippen LogP contribution in [-0.2, 0) is 4.74 Å². The molecule has 0 aliphatic carbocycles. The topological polar surface area (TPSA) is 26.3 Å². The maximum atomic E-state index is 11.2. The normalized spacial score (nSPS) is 22.0. The third kappa shape index (κ3) is 2.33. The van der Waals surface area contributed by atoms with Gasteiger partial charge in [-0.1, -0.05) is 31.2 Å². The van der Waals surface area contributed by atoms with Gasteiger partial charge in [0.1, 0.15) is 0 Å². The fourth-order valence-corrected chi connectivity index (χ4v) is 2.24. The average Bonchev–Trinajstić information content (AvgIpc) is 2.81. The molecule has 0 N–H and O–H groups in total. The minimum atomic E-state index is 0.128. The molecule has 1 aromatic rings. The molecule has 2 heteroatoms. The average molecular weight is 218 g/mol. The van der Waals surface area contributed by atoms with E-state index in [-0.39, 0.29) is 5.78 Å². The van der Waals surface area contributed by atoms with Gasteiger partial charge in [-0.15, -0.1) is 0 Å². The Balaban J connectivity index is 2.11. The van der Waals surface area contributed by atoms with Crippen LogP contribution in [0.4, 0.5) is 0 Å². The van der Waals surface area contributed by atoms with Crippen LogP contribution in [0.25, 0.3) is 0 Å². The van der Waals surface area contributed by atoms with E-state index in [2.05, 4.69) is 19.1 Å². The molecule has 0 bridgehead atoms. The minimum absolute atomic E-state index is 0.128. The van der Waals surface area contributed by atoms with Gasteiger partial charge in [0.15, 0.2) is 5.78 Å². The predicted octanol–water partition coefficient (Wildman–Crippen LogP) is 3.03. The van der Waals surface area contributed by atoms with Gasteiger partial charge in [-0.3, -0.25) is 4.79 Å². The molecule has 0 spiro atoms. The van der Waals surface area contributed by atoms with E-state index in [1.807, 2.05) is 12.1 Å². The van der Waals surface area contributed by atoms with Crippen molar-refractivity contribution in [3.8, 4) is 0 Å². The Bertz CT molecular complexity index is 361. The van der Waals surface area contributed by atoms with Gasteiger partial charge in [0, 0.05) is 12.2 Å². The number of rotatable bonds is 3. The first kappa shape index (κ1) is 11.3. The van der Waals surface area contributed by atoms with E-state index in [1.165, 1.54) is 5.56 Å². The lowest BCUT2D eigenvalue weighted by atomic mass is 9.87. The van der Waals surface area contributed by atoms with E-state index >= 15 is 0 Å². The van der Waals surface area contributed by atoms with Crippen molar-refractivity contribution in [1.29, 1.82) is 0 Å². The molecule has 16 heavy (non-hydrogen) atoms. The second kappa shape index (κ2) is 4.79. The molecule has 0 saturated carbocycles. The zero-order valence-electron chi connectivity index (χ0n) is 9.90. The Morgan fingerprint density at radius 3 is 2.56 bits per heavy atom. The van der Waals surface area contributed by atoms with Crippen LogP contribution < -0.4 is 0 Å². The van der Waals surface area contributed by atoms with Crippen molar-refractivity contribution in [2.45, 2.75) is 26.2 Å². The lowest BCUT2D eigenvalue weighted by Gasteiger charge is -2.18. The molecule has 2 unspecified atom stereocenters. The molecule has 1 heterocycles. The molecule has 0 radical (unpaired) electrons. The molecule has 1 saturated heterocycles. The lowest BCUT2D eigenvalue weighted by Crippen LogP contribution is -2.09. The second-order valence-corrected chi connectivity index (χ2v) is 4.59. The summed E-state index contributed by atoms with van der Waals surface area (Å²) in [7, 11) is 0. The Morgan fingerprint density at radius 1 is 1.38 bits per heavy atom. The highest BCUT2D eigenvalue weighted by Crippen LogP contribution is 2.30. The number of ether oxygens (including phenoxy) is 1. The van der Waals surface area contributed by atoms with Crippen molar-refractivity contribution < 1.29 is 9.53 Å². The molecule has 1 fully saturated rings. The van der Waals surface area contributed by atoms with E-state index in [1.54, 1.807) is 6.92 Å². The monoisotopic (exact) mass is 218 g/mol. The van der Waals surface area contributed by atoms with Gasteiger partial charge in [0.25, 0.3) is 0 Å². The number of Topliss-reactive ketones (excluding diaryl/α,β-unsaturated/α-hetero) is 1. The minimum Gasteiger partial charge on any atom is -0.381 e. The van der Waals surface area contributed by atoms with Crippen LogP contribution >= 0.6 is 0 Å². The molecule has 1 aliphatic heterocycles. The number of carbonyl (C=O) groups excluding carboxylic acids is 1. The fourth-order valence-electron chi connectivity index (χ4n) is 2.24. The highest BCUT2D eigenvalue weighted by molar-refractivity contribution is 5.94. The number of benzene rings is 1. The summed E-state index contributed by atoms with van der Waals surface area (Å²) >= 11 is 0. The first-order valence-corrected chi connectivity index (χ1v) is 5.87. The lowest BCUT2D eigenvalue weighted by molar-refractivity contribution is 0.101. The fraction of sp³-hybridized carbons (Fsp3) is 0.500. The van der Waals surface area contributed by atoms with Crippen molar-refractivity contribution >= 4 is 5.78 Å². The van der Waals surface area contributed by atoms with Gasteiger partial charge in [-0.2, -0.15) is 0 Å². The molecule has 1 aromatic carbocycles. The summed E-state index contributed by atoms with van der Waals surface area (Å²) in [4.78, 5) is 11.2. The van der Waals surface area contributed by atoms with Gasteiger partial charge in [-0.05, 0) is 30.7 Å². The second-order valence-electron chi connectivity index (χ2n) is 4.59. The van der Waals surface area contributed by atoms with Crippen LogP contribution in [0.3, 0.4) is 0 Å². The molecule has 2 nitrogen and oxygen atoms in total. The summed E-state index contributed by atoms with van der Waals surface area (Å²) in [6.07, 6.45) is 1.15. The zero-order chi connectivity index (χ0) is 11.5. The zero-order valence-corrected chi connectivity index (χ0v) is 9.90. The molecule has 2 atom stereocenters. The molecule has 2 rings (SSSR count). The van der Waals surface area contributed by atoms with Crippen LogP contribution in [0.2, 0.25) is 0 Å². The van der Waals surface area contributed by atoms with Gasteiger partial charge in [0.2, 0.25) is 0 Å². The highest BCUT2D eigenvalue weighted by Gasteiger charge is 2.23. The van der Waals surface area contributed by atoms with E-state index in [9.17, 15) is 4.79 Å². The predicted molar refractivity (Wildman–Crippen MR) is 63.8 cm³/mol. The number of hydrogen-bond donors (Lipinski definition) is 0. The number of ketones is 1. The van der Waals surface area contributed by atoms with Crippen molar-refractivity contribution in [2.75, 3.05) is 13.2 Å². The van der Waals surface area contributed by atoms with Crippen LogP contribution in [0.15, 0.2) is 24.3 Å². The van der Waals surface area contributed by atoms with E-state index < -0.39 is 0 Å².